The van der Waals surface area contributed by atoms with Crippen molar-refractivity contribution in [3.8, 4) is 0 Å². The Morgan fingerprint density at radius 1 is 1.45 bits per heavy atom. The molecule has 0 aliphatic carbocycles. The molecule has 0 aromatic heterocycles. The first-order chi connectivity index (χ1) is 9.15. The third-order valence-electron chi connectivity index (χ3n) is 3.53. The number of aliphatic carboxylic acids is 2. The molecule has 20 heavy (non-hydrogen) atoms. The van der Waals surface area contributed by atoms with Crippen molar-refractivity contribution in [2.24, 2.45) is 0 Å². The molecule has 0 saturated heterocycles. The number of hydrogen-bond donors (Lipinski definition) is 2. The molecule has 6 heteroatoms. The highest BCUT2D eigenvalue weighted by Crippen LogP contribution is 2.30. The van der Waals surface area contributed by atoms with Gasteiger partial charge in [0, 0.05) is 12.7 Å². The molecule has 1 unspecified atom stereocenters. The zero-order chi connectivity index (χ0) is 15.6. The van der Waals surface area contributed by atoms with Crippen LogP contribution < -0.4 is 0 Å². The largest absolute Gasteiger partial charge is 0.481 e. The smallest absolute Gasteiger partial charge is 0.389 e. The number of carboxylic acid groups (broad SMARTS) is 2. The Kier molecular flexibility index (Phi) is 4.39. The van der Waals surface area contributed by atoms with Crippen LogP contribution in [0.5, 0.6) is 0 Å². The van der Waals surface area contributed by atoms with Crippen molar-refractivity contribution in [3.05, 3.63) is 36.6 Å². The Bertz CT molecular complexity index is 488. The number of quaternary nitrogens is 1. The summed E-state index contributed by atoms with van der Waals surface area (Å²) >= 11 is 0. The maximum absolute atomic E-state index is 11.9. The highest BCUT2D eigenvalue weighted by molar-refractivity contribution is 5.83. The van der Waals surface area contributed by atoms with Crippen LogP contribution in [-0.4, -0.2) is 64.9 Å². The number of nitrogens with zero attached hydrogens (tertiary/aromatic N) is 2. The molecule has 0 aromatic carbocycles. The van der Waals surface area contributed by atoms with Crippen molar-refractivity contribution in [2.45, 2.75) is 12.1 Å². The lowest BCUT2D eigenvalue weighted by Gasteiger charge is -2.48. The van der Waals surface area contributed by atoms with Crippen molar-refractivity contribution in [2.75, 3.05) is 27.7 Å². The molecule has 0 bridgehead atoms. The molecule has 0 amide bonds. The summed E-state index contributed by atoms with van der Waals surface area (Å²) in [6, 6.07) is 0. The van der Waals surface area contributed by atoms with Crippen LogP contribution in [0.25, 0.3) is 0 Å². The Hall–Kier alpha value is -2.08. The van der Waals surface area contributed by atoms with E-state index in [0.29, 0.717) is 6.54 Å². The van der Waals surface area contributed by atoms with Gasteiger partial charge in [-0.1, -0.05) is 18.7 Å². The van der Waals surface area contributed by atoms with Gasteiger partial charge in [-0.3, -0.25) is 9.28 Å². The molecule has 1 heterocycles. The fourth-order valence-electron chi connectivity index (χ4n) is 2.35. The molecule has 0 radical (unpaired) electrons. The van der Waals surface area contributed by atoms with Crippen molar-refractivity contribution in [1.29, 1.82) is 0 Å². The quantitative estimate of drug-likeness (QED) is 0.707. The molecule has 1 aliphatic rings. The second-order valence-electron chi connectivity index (χ2n) is 5.58. The van der Waals surface area contributed by atoms with Crippen LogP contribution in [0.15, 0.2) is 36.6 Å². The number of hydrogen-bond acceptors (Lipinski definition) is 3. The number of likely N-dealkylation sites (N-methyl/N-ethyl adjacent to an activating group) is 1. The molecule has 0 aromatic rings. The van der Waals surface area contributed by atoms with Crippen LogP contribution in [-0.2, 0) is 9.59 Å². The average Bonchev–Trinajstić information content (AvgIpc) is 2.34. The van der Waals surface area contributed by atoms with Gasteiger partial charge in [0.2, 0.25) is 0 Å². The third kappa shape index (κ3) is 2.75. The fraction of sp³-hybridized carbons (Fsp3) is 0.429. The van der Waals surface area contributed by atoms with Crippen molar-refractivity contribution in [3.63, 3.8) is 0 Å². The van der Waals surface area contributed by atoms with Crippen LogP contribution in [0.4, 0.5) is 0 Å². The van der Waals surface area contributed by atoms with E-state index in [1.807, 2.05) is 6.08 Å². The minimum atomic E-state index is -1.56. The Labute approximate surface area is 118 Å². The molecule has 1 rings (SSSR count). The lowest BCUT2D eigenvalue weighted by molar-refractivity contribution is -0.925. The first-order valence-electron chi connectivity index (χ1n) is 6.19. The van der Waals surface area contributed by atoms with Gasteiger partial charge in [-0.25, -0.2) is 4.79 Å². The summed E-state index contributed by atoms with van der Waals surface area (Å²) in [7, 11) is 5.03. The van der Waals surface area contributed by atoms with Crippen LogP contribution in [0.2, 0.25) is 0 Å². The zero-order valence-electron chi connectivity index (χ0n) is 12.0. The maximum Gasteiger partial charge on any atom is 0.389 e. The lowest BCUT2D eigenvalue weighted by atomic mass is 9.98. The lowest BCUT2D eigenvalue weighted by Crippen LogP contribution is -2.70. The second-order valence-corrected chi connectivity index (χ2v) is 5.58. The molecule has 6 nitrogen and oxygen atoms in total. The molecule has 0 fully saturated rings. The third-order valence-corrected chi connectivity index (χ3v) is 3.53. The van der Waals surface area contributed by atoms with Gasteiger partial charge in [0.05, 0.1) is 21.1 Å². The first-order valence-corrected chi connectivity index (χ1v) is 6.19. The molecule has 1 atom stereocenters. The molecule has 0 spiro atoms. The van der Waals surface area contributed by atoms with Crippen LogP contribution in [0.3, 0.4) is 0 Å². The normalized spacial score (nSPS) is 18.1. The van der Waals surface area contributed by atoms with E-state index in [-0.39, 0.29) is 4.48 Å². The van der Waals surface area contributed by atoms with E-state index in [9.17, 15) is 14.7 Å². The van der Waals surface area contributed by atoms with Gasteiger partial charge in [-0.2, -0.15) is 0 Å². The summed E-state index contributed by atoms with van der Waals surface area (Å²) in [5, 5.41) is 18.8. The van der Waals surface area contributed by atoms with E-state index in [4.69, 9.17) is 5.11 Å². The summed E-state index contributed by atoms with van der Waals surface area (Å²) in [6.45, 7) is 3.98. The van der Waals surface area contributed by atoms with E-state index in [1.165, 1.54) is 0 Å². The van der Waals surface area contributed by atoms with Gasteiger partial charge in [0.15, 0.2) is 0 Å². The number of rotatable bonds is 6. The zero-order valence-corrected chi connectivity index (χ0v) is 12.0. The van der Waals surface area contributed by atoms with E-state index >= 15 is 0 Å². The number of allylic oxidation sites excluding steroid dienone is 3. The van der Waals surface area contributed by atoms with Gasteiger partial charge in [0.1, 0.15) is 6.42 Å². The van der Waals surface area contributed by atoms with Crippen molar-refractivity contribution in [1.82, 2.24) is 4.90 Å². The SMILES string of the molecule is C=CC1=CCN(C(CC(=O)O)(C(=O)O)[N+](C)(C)C)C=C1. The molecule has 2 N–H and O–H groups in total. The van der Waals surface area contributed by atoms with Crippen LogP contribution in [0, 0.1) is 0 Å². The van der Waals surface area contributed by atoms with Crippen molar-refractivity contribution < 1.29 is 24.3 Å². The summed E-state index contributed by atoms with van der Waals surface area (Å²) in [5.74, 6) is -2.31. The topological polar surface area (TPSA) is 77.8 Å². The Morgan fingerprint density at radius 3 is 2.35 bits per heavy atom. The van der Waals surface area contributed by atoms with Crippen molar-refractivity contribution >= 4 is 11.9 Å². The van der Waals surface area contributed by atoms with Gasteiger partial charge >= 0.3 is 11.9 Å². The van der Waals surface area contributed by atoms with Gasteiger partial charge < -0.3 is 15.1 Å². The predicted octanol–water partition coefficient (Wildman–Crippen LogP) is 0.890. The second kappa shape index (κ2) is 5.50. The molecule has 110 valence electrons. The maximum atomic E-state index is 11.9. The highest BCUT2D eigenvalue weighted by atomic mass is 16.4. The van der Waals surface area contributed by atoms with Gasteiger partial charge in [0.25, 0.3) is 5.66 Å². The minimum Gasteiger partial charge on any atom is -0.481 e. The monoisotopic (exact) mass is 281 g/mol. The summed E-state index contributed by atoms with van der Waals surface area (Å²) < 4.78 is -0.0315. The van der Waals surface area contributed by atoms with E-state index in [2.05, 4.69) is 6.58 Å². The fourth-order valence-corrected chi connectivity index (χ4v) is 2.35. The molecule has 0 saturated carbocycles. The minimum absolute atomic E-state index is 0.0315. The highest BCUT2D eigenvalue weighted by Gasteiger charge is 2.56. The van der Waals surface area contributed by atoms with E-state index < -0.39 is 24.0 Å². The van der Waals surface area contributed by atoms with Crippen LogP contribution in [0.1, 0.15) is 6.42 Å². The molecular formula is C14H21N2O4+. The van der Waals surface area contributed by atoms with Gasteiger partial charge in [-0.05, 0) is 11.6 Å². The summed E-state index contributed by atoms with van der Waals surface area (Å²) in [4.78, 5) is 24.6. The Morgan fingerprint density at radius 2 is 2.05 bits per heavy atom. The van der Waals surface area contributed by atoms with E-state index in [0.717, 1.165) is 5.57 Å². The standard InChI is InChI=1S/C14H20N2O4/c1-5-11-6-8-15(9-7-11)14(13(19)20,10-12(17)18)16(2,3)4/h5-8H,1,9-10H2,2-4H3,(H-,17,18,19,20)/p+1. The van der Waals surface area contributed by atoms with Gasteiger partial charge in [-0.15, -0.1) is 0 Å². The van der Waals surface area contributed by atoms with Crippen LogP contribution >= 0.6 is 0 Å². The van der Waals surface area contributed by atoms with E-state index in [1.54, 1.807) is 44.4 Å². The predicted molar refractivity (Wildman–Crippen MR) is 74.8 cm³/mol. The molecular weight excluding hydrogens is 260 g/mol. The first kappa shape index (κ1) is 16.0. The molecule has 1 aliphatic heterocycles. The Balaban J connectivity index is 3.28. The number of carboxylic acids is 2. The average molecular weight is 281 g/mol. The summed E-state index contributed by atoms with van der Waals surface area (Å²) in [5.41, 5.74) is -0.678. The summed E-state index contributed by atoms with van der Waals surface area (Å²) in [6.07, 6.45) is 6.35. The number of carbonyl (C=O) groups is 2.